The number of rotatable bonds is 4. The Morgan fingerprint density at radius 2 is 1.85 bits per heavy atom. The van der Waals surface area contributed by atoms with E-state index in [2.05, 4.69) is 13.0 Å². The van der Waals surface area contributed by atoms with Crippen molar-refractivity contribution in [3.63, 3.8) is 0 Å². The van der Waals surface area contributed by atoms with Crippen molar-refractivity contribution in [3.8, 4) is 0 Å². The third-order valence-corrected chi connectivity index (χ3v) is 6.34. The smallest absolute Gasteiger partial charge is 0.320 e. The molecular formula is C21H31N3O3. The van der Waals surface area contributed by atoms with Gasteiger partial charge in [0.05, 0.1) is 12.5 Å². The molecule has 0 aromatic carbocycles. The summed E-state index contributed by atoms with van der Waals surface area (Å²) in [6.07, 6.45) is 5.14. The zero-order valence-electron chi connectivity index (χ0n) is 16.5. The Morgan fingerprint density at radius 3 is 2.56 bits per heavy atom. The summed E-state index contributed by atoms with van der Waals surface area (Å²) >= 11 is 0. The van der Waals surface area contributed by atoms with Crippen molar-refractivity contribution in [2.24, 2.45) is 11.8 Å². The quantitative estimate of drug-likeness (QED) is 0.814. The minimum atomic E-state index is -0.104. The third kappa shape index (κ3) is 3.99. The lowest BCUT2D eigenvalue weighted by Gasteiger charge is -2.35. The van der Waals surface area contributed by atoms with E-state index >= 15 is 0 Å². The lowest BCUT2D eigenvalue weighted by atomic mass is 9.96. The SMILES string of the molecule is C[C@@H]1C[C@@H]1c1ccc(CN(C)C(=O)[C@@H]2CCCN(C(=O)N3CCCC3)C2)o1. The van der Waals surface area contributed by atoms with Crippen molar-refractivity contribution < 1.29 is 14.0 Å². The minimum Gasteiger partial charge on any atom is -0.464 e. The van der Waals surface area contributed by atoms with Crippen LogP contribution in [-0.2, 0) is 11.3 Å². The van der Waals surface area contributed by atoms with Crippen LogP contribution in [0.15, 0.2) is 16.5 Å². The molecule has 0 spiro atoms. The van der Waals surface area contributed by atoms with E-state index in [1.165, 1.54) is 6.42 Å². The molecule has 0 radical (unpaired) electrons. The van der Waals surface area contributed by atoms with Crippen molar-refractivity contribution in [1.29, 1.82) is 0 Å². The summed E-state index contributed by atoms with van der Waals surface area (Å²) < 4.78 is 5.95. The predicted molar refractivity (Wildman–Crippen MR) is 102 cm³/mol. The van der Waals surface area contributed by atoms with Gasteiger partial charge in [0.2, 0.25) is 5.91 Å². The van der Waals surface area contributed by atoms with Gasteiger partial charge in [0.15, 0.2) is 0 Å². The second-order valence-electron chi connectivity index (χ2n) is 8.58. The number of nitrogens with zero attached hydrogens (tertiary/aromatic N) is 3. The van der Waals surface area contributed by atoms with Gasteiger partial charge in [-0.1, -0.05) is 6.92 Å². The number of carbonyl (C=O) groups is 2. The average Bonchev–Trinajstić information content (AvgIpc) is 3.10. The van der Waals surface area contributed by atoms with E-state index in [1.54, 1.807) is 4.90 Å². The van der Waals surface area contributed by atoms with Crippen LogP contribution in [-0.4, -0.2) is 59.9 Å². The monoisotopic (exact) mass is 373 g/mol. The second kappa shape index (κ2) is 7.56. The first-order valence-electron chi connectivity index (χ1n) is 10.4. The Balaban J connectivity index is 1.32. The fourth-order valence-electron chi connectivity index (χ4n) is 4.48. The molecule has 27 heavy (non-hydrogen) atoms. The molecule has 3 amide bonds. The molecule has 1 aromatic rings. The lowest BCUT2D eigenvalue weighted by Crippen LogP contribution is -2.49. The first-order chi connectivity index (χ1) is 13.0. The zero-order chi connectivity index (χ0) is 19.0. The number of likely N-dealkylation sites (tertiary alicyclic amines) is 2. The molecular weight excluding hydrogens is 342 g/mol. The van der Waals surface area contributed by atoms with Crippen molar-refractivity contribution in [2.75, 3.05) is 33.2 Å². The molecule has 0 bridgehead atoms. The number of furan rings is 1. The highest BCUT2D eigenvalue weighted by Crippen LogP contribution is 2.47. The van der Waals surface area contributed by atoms with Crippen molar-refractivity contribution >= 4 is 11.9 Å². The molecule has 3 aliphatic rings. The molecule has 1 aliphatic carbocycles. The van der Waals surface area contributed by atoms with E-state index in [0.29, 0.717) is 24.9 Å². The van der Waals surface area contributed by atoms with Crippen LogP contribution in [0.1, 0.15) is 56.5 Å². The summed E-state index contributed by atoms with van der Waals surface area (Å²) in [5, 5.41) is 0. The highest BCUT2D eigenvalue weighted by Gasteiger charge is 2.37. The Kier molecular flexibility index (Phi) is 5.15. The van der Waals surface area contributed by atoms with E-state index in [4.69, 9.17) is 4.42 Å². The van der Waals surface area contributed by atoms with E-state index in [1.807, 2.05) is 22.9 Å². The normalized spacial score (nSPS) is 27.7. The summed E-state index contributed by atoms with van der Waals surface area (Å²) in [7, 11) is 1.84. The summed E-state index contributed by atoms with van der Waals surface area (Å²) in [6, 6.07) is 4.16. The highest BCUT2D eigenvalue weighted by molar-refractivity contribution is 5.81. The van der Waals surface area contributed by atoms with Crippen LogP contribution in [0.5, 0.6) is 0 Å². The first-order valence-corrected chi connectivity index (χ1v) is 10.4. The van der Waals surface area contributed by atoms with Crippen LogP contribution in [0.25, 0.3) is 0 Å². The summed E-state index contributed by atoms with van der Waals surface area (Å²) in [5.74, 6) is 3.19. The summed E-state index contributed by atoms with van der Waals surface area (Å²) in [6.45, 7) is 5.76. The van der Waals surface area contributed by atoms with Gasteiger partial charge in [-0.05, 0) is 50.2 Å². The highest BCUT2D eigenvalue weighted by atomic mass is 16.3. The summed E-state index contributed by atoms with van der Waals surface area (Å²) in [4.78, 5) is 31.1. The molecule has 3 atom stereocenters. The Labute approximate surface area is 161 Å². The van der Waals surface area contributed by atoms with E-state index in [0.717, 1.165) is 56.8 Å². The van der Waals surface area contributed by atoms with Crippen LogP contribution < -0.4 is 0 Å². The number of carbonyl (C=O) groups excluding carboxylic acids is 2. The molecule has 2 saturated heterocycles. The molecule has 1 saturated carbocycles. The lowest BCUT2D eigenvalue weighted by molar-refractivity contribution is -0.136. The maximum atomic E-state index is 12.9. The third-order valence-electron chi connectivity index (χ3n) is 6.34. The zero-order valence-corrected chi connectivity index (χ0v) is 16.5. The van der Waals surface area contributed by atoms with Crippen molar-refractivity contribution in [2.45, 2.75) is 51.5 Å². The fourth-order valence-corrected chi connectivity index (χ4v) is 4.48. The van der Waals surface area contributed by atoms with Gasteiger partial charge < -0.3 is 19.1 Å². The van der Waals surface area contributed by atoms with Crippen molar-refractivity contribution in [1.82, 2.24) is 14.7 Å². The molecule has 1 aromatic heterocycles. The first kappa shape index (κ1) is 18.4. The van der Waals surface area contributed by atoms with Crippen LogP contribution in [0.4, 0.5) is 4.79 Å². The molecule has 148 valence electrons. The topological polar surface area (TPSA) is 57.0 Å². The van der Waals surface area contributed by atoms with Crippen molar-refractivity contribution in [3.05, 3.63) is 23.7 Å². The fraction of sp³-hybridized carbons (Fsp3) is 0.714. The number of hydrogen-bond donors (Lipinski definition) is 0. The van der Waals surface area contributed by atoms with Crippen LogP contribution in [0.2, 0.25) is 0 Å². The van der Waals surface area contributed by atoms with E-state index < -0.39 is 0 Å². The molecule has 0 unspecified atom stereocenters. The Hall–Kier alpha value is -1.98. The minimum absolute atomic E-state index is 0.104. The number of urea groups is 1. The van der Waals surface area contributed by atoms with E-state index in [9.17, 15) is 9.59 Å². The van der Waals surface area contributed by atoms with Crippen LogP contribution in [0.3, 0.4) is 0 Å². The second-order valence-corrected chi connectivity index (χ2v) is 8.58. The van der Waals surface area contributed by atoms with Gasteiger partial charge in [0, 0.05) is 39.1 Å². The van der Waals surface area contributed by atoms with Gasteiger partial charge in [-0.25, -0.2) is 4.79 Å². The molecule has 3 heterocycles. The molecule has 3 fully saturated rings. The van der Waals surface area contributed by atoms with Crippen LogP contribution in [0, 0.1) is 11.8 Å². The maximum absolute atomic E-state index is 12.9. The van der Waals surface area contributed by atoms with Gasteiger partial charge in [0.25, 0.3) is 0 Å². The molecule has 0 N–H and O–H groups in total. The van der Waals surface area contributed by atoms with Gasteiger partial charge in [-0.15, -0.1) is 0 Å². The Bertz CT molecular complexity index is 695. The van der Waals surface area contributed by atoms with Gasteiger partial charge in [0.1, 0.15) is 11.5 Å². The van der Waals surface area contributed by atoms with Gasteiger partial charge >= 0.3 is 6.03 Å². The van der Waals surface area contributed by atoms with E-state index in [-0.39, 0.29) is 17.9 Å². The van der Waals surface area contributed by atoms with Gasteiger partial charge in [-0.2, -0.15) is 0 Å². The number of piperidine rings is 1. The van der Waals surface area contributed by atoms with Crippen LogP contribution >= 0.6 is 0 Å². The standard InChI is InChI=1S/C21H31N3O3/c1-15-12-18(15)19-8-7-17(27-19)14-22(2)20(25)16-6-5-11-24(13-16)21(26)23-9-3-4-10-23/h7-8,15-16,18H,3-6,9-14H2,1-2H3/t15-,16-,18+/m1/s1. The average molecular weight is 373 g/mol. The van der Waals surface area contributed by atoms with Gasteiger partial charge in [-0.3, -0.25) is 4.79 Å². The predicted octanol–water partition coefficient (Wildman–Crippen LogP) is 3.29. The largest absolute Gasteiger partial charge is 0.464 e. The maximum Gasteiger partial charge on any atom is 0.320 e. The molecule has 6 heteroatoms. The number of amides is 3. The molecule has 6 nitrogen and oxygen atoms in total. The Morgan fingerprint density at radius 1 is 1.15 bits per heavy atom. The summed E-state index contributed by atoms with van der Waals surface area (Å²) in [5.41, 5.74) is 0. The molecule has 2 aliphatic heterocycles. The molecule has 4 rings (SSSR count). The number of hydrogen-bond acceptors (Lipinski definition) is 3.